The monoisotopic (exact) mass is 385 g/mol. The number of cyclic esters (lactones) is 1. The van der Waals surface area contributed by atoms with E-state index in [1.807, 2.05) is 17.5 Å². The van der Waals surface area contributed by atoms with E-state index in [1.54, 1.807) is 12.1 Å². The van der Waals surface area contributed by atoms with Crippen LogP contribution in [0.25, 0.3) is 0 Å². The number of esters is 1. The number of fused-ring (bicyclic) bond motifs is 1. The maximum absolute atomic E-state index is 12.4. The number of amides is 1. The summed E-state index contributed by atoms with van der Waals surface area (Å²) in [6.45, 7) is 5.33. The molecule has 0 bridgehead atoms. The number of thiazole rings is 1. The van der Waals surface area contributed by atoms with Crippen LogP contribution in [-0.2, 0) is 16.1 Å². The molecular formula is C20H23N3O3S. The van der Waals surface area contributed by atoms with Gasteiger partial charge in [0.05, 0.1) is 17.7 Å². The van der Waals surface area contributed by atoms with E-state index in [4.69, 9.17) is 4.74 Å². The van der Waals surface area contributed by atoms with Gasteiger partial charge in [-0.05, 0) is 37.9 Å². The topological polar surface area (TPSA) is 71.5 Å². The number of benzene rings is 1. The third-order valence-corrected chi connectivity index (χ3v) is 6.01. The summed E-state index contributed by atoms with van der Waals surface area (Å²) in [5.41, 5.74) is 2.31. The first-order valence-corrected chi connectivity index (χ1v) is 10.2. The van der Waals surface area contributed by atoms with Gasteiger partial charge in [-0.25, -0.2) is 9.78 Å². The molecule has 27 heavy (non-hydrogen) atoms. The van der Waals surface area contributed by atoms with Crippen molar-refractivity contribution in [1.82, 2.24) is 9.88 Å². The molecule has 1 amide bonds. The van der Waals surface area contributed by atoms with Crippen LogP contribution in [0.5, 0.6) is 0 Å². The van der Waals surface area contributed by atoms with Crippen molar-refractivity contribution in [3.05, 3.63) is 46.5 Å². The van der Waals surface area contributed by atoms with Gasteiger partial charge in [-0.2, -0.15) is 0 Å². The summed E-state index contributed by atoms with van der Waals surface area (Å²) >= 11 is 1.43. The third-order valence-electron chi connectivity index (χ3n) is 5.21. The average molecular weight is 385 g/mol. The summed E-state index contributed by atoms with van der Waals surface area (Å²) in [4.78, 5) is 31.2. The molecule has 2 aromatic rings. The van der Waals surface area contributed by atoms with E-state index in [0.717, 1.165) is 36.8 Å². The molecule has 4 rings (SSSR count). The molecule has 1 aromatic carbocycles. The molecule has 0 radical (unpaired) electrons. The first-order chi connectivity index (χ1) is 13.1. The highest BCUT2D eigenvalue weighted by atomic mass is 32.1. The zero-order chi connectivity index (χ0) is 18.8. The minimum Gasteiger partial charge on any atom is -0.453 e. The van der Waals surface area contributed by atoms with Crippen LogP contribution in [0.1, 0.15) is 53.9 Å². The molecule has 0 spiro atoms. The van der Waals surface area contributed by atoms with E-state index in [0.29, 0.717) is 10.7 Å². The number of likely N-dealkylation sites (tertiary alicyclic amines) is 1. The molecule has 3 heterocycles. The van der Waals surface area contributed by atoms with Gasteiger partial charge in [-0.15, -0.1) is 11.3 Å². The second-order valence-electron chi connectivity index (χ2n) is 7.34. The van der Waals surface area contributed by atoms with Gasteiger partial charge < -0.3 is 10.1 Å². The van der Waals surface area contributed by atoms with Gasteiger partial charge in [0.2, 0.25) is 5.91 Å². The van der Waals surface area contributed by atoms with Crippen molar-refractivity contribution in [3.8, 4) is 0 Å². The van der Waals surface area contributed by atoms with Crippen LogP contribution >= 0.6 is 11.3 Å². The van der Waals surface area contributed by atoms with Gasteiger partial charge in [0.15, 0.2) is 5.13 Å². The summed E-state index contributed by atoms with van der Waals surface area (Å²) in [7, 11) is 0. The minimum absolute atomic E-state index is 0.0989. The number of carbonyl (C=O) groups is 2. The molecule has 2 aliphatic rings. The lowest BCUT2D eigenvalue weighted by Gasteiger charge is -2.29. The van der Waals surface area contributed by atoms with Gasteiger partial charge in [0, 0.05) is 17.5 Å². The van der Waals surface area contributed by atoms with Gasteiger partial charge >= 0.3 is 5.97 Å². The highest BCUT2D eigenvalue weighted by molar-refractivity contribution is 7.13. The molecule has 0 unspecified atom stereocenters. The summed E-state index contributed by atoms with van der Waals surface area (Å²) in [6.07, 6.45) is 2.04. The van der Waals surface area contributed by atoms with Crippen molar-refractivity contribution in [3.63, 3.8) is 0 Å². The first-order valence-electron chi connectivity index (χ1n) is 9.35. The first kappa shape index (κ1) is 18.1. The lowest BCUT2D eigenvalue weighted by atomic mass is 9.99. The third kappa shape index (κ3) is 4.20. The van der Waals surface area contributed by atoms with Crippen molar-refractivity contribution in [2.75, 3.05) is 18.4 Å². The highest BCUT2D eigenvalue weighted by Gasteiger charge is 2.32. The predicted octanol–water partition coefficient (Wildman–Crippen LogP) is 3.62. The molecule has 142 valence electrons. The van der Waals surface area contributed by atoms with E-state index in [1.165, 1.54) is 24.2 Å². The van der Waals surface area contributed by atoms with Crippen LogP contribution in [0.2, 0.25) is 0 Å². The molecule has 1 aromatic heterocycles. The lowest BCUT2D eigenvalue weighted by Crippen LogP contribution is -2.32. The minimum atomic E-state index is -0.525. The number of rotatable bonds is 5. The Labute approximate surface area is 162 Å². The van der Waals surface area contributed by atoms with E-state index in [-0.39, 0.29) is 18.3 Å². The smallest absolute Gasteiger partial charge is 0.339 e. The van der Waals surface area contributed by atoms with Crippen molar-refractivity contribution >= 4 is 28.3 Å². The fourth-order valence-corrected chi connectivity index (χ4v) is 4.31. The number of hydrogen-bond donors (Lipinski definition) is 1. The number of anilines is 1. The molecule has 0 saturated carbocycles. The molecule has 6 nitrogen and oxygen atoms in total. The Balaban J connectivity index is 1.32. The van der Waals surface area contributed by atoms with Crippen LogP contribution in [0.4, 0.5) is 5.13 Å². The zero-order valence-electron chi connectivity index (χ0n) is 15.3. The summed E-state index contributed by atoms with van der Waals surface area (Å²) in [5.74, 6) is 0.245. The quantitative estimate of drug-likeness (QED) is 0.796. The van der Waals surface area contributed by atoms with Crippen LogP contribution < -0.4 is 5.32 Å². The van der Waals surface area contributed by atoms with Crippen molar-refractivity contribution < 1.29 is 14.3 Å². The largest absolute Gasteiger partial charge is 0.453 e. The Kier molecular flexibility index (Phi) is 5.22. The molecule has 7 heteroatoms. The van der Waals surface area contributed by atoms with Gasteiger partial charge in [-0.3, -0.25) is 9.69 Å². The van der Waals surface area contributed by atoms with E-state index < -0.39 is 6.10 Å². The number of hydrogen-bond acceptors (Lipinski definition) is 6. The molecular weight excluding hydrogens is 362 g/mol. The predicted molar refractivity (Wildman–Crippen MR) is 104 cm³/mol. The van der Waals surface area contributed by atoms with Crippen molar-refractivity contribution in [1.29, 1.82) is 0 Å². The number of ether oxygens (including phenoxy) is 1. The lowest BCUT2D eigenvalue weighted by molar-refractivity contribution is -0.118. The standard InChI is InChI=1S/C20H23N3O3S/c1-13-6-8-23(9-7-13)11-14-12-27-20(21-14)22-18(24)10-17-15-4-2-3-5-16(15)19(25)26-17/h2-5,12-13,17H,6-11H2,1H3,(H,21,22,24)/t17-/m0/s1. The Morgan fingerprint density at radius 3 is 2.93 bits per heavy atom. The second kappa shape index (κ2) is 7.78. The fraction of sp³-hybridized carbons (Fsp3) is 0.450. The number of nitrogens with one attached hydrogen (secondary N) is 1. The molecule has 1 saturated heterocycles. The van der Waals surface area contributed by atoms with E-state index >= 15 is 0 Å². The van der Waals surface area contributed by atoms with Gasteiger partial charge in [0.1, 0.15) is 6.10 Å². The summed E-state index contributed by atoms with van der Waals surface area (Å²) in [6, 6.07) is 7.20. The number of aromatic nitrogens is 1. The normalized spacial score (nSPS) is 20.3. The Hall–Kier alpha value is -2.25. The number of carbonyl (C=O) groups excluding carboxylic acids is 2. The molecule has 2 aliphatic heterocycles. The fourth-order valence-electron chi connectivity index (χ4n) is 3.60. The number of nitrogens with zero attached hydrogens (tertiary/aromatic N) is 2. The van der Waals surface area contributed by atoms with Gasteiger partial charge in [0.25, 0.3) is 0 Å². The van der Waals surface area contributed by atoms with Crippen LogP contribution in [0.15, 0.2) is 29.6 Å². The molecule has 1 N–H and O–H groups in total. The maximum Gasteiger partial charge on any atom is 0.339 e. The van der Waals surface area contributed by atoms with E-state index in [2.05, 4.69) is 22.1 Å². The molecule has 1 fully saturated rings. The Bertz CT molecular complexity index is 843. The zero-order valence-corrected chi connectivity index (χ0v) is 16.1. The van der Waals surface area contributed by atoms with Gasteiger partial charge in [-0.1, -0.05) is 25.1 Å². The SMILES string of the molecule is CC1CCN(Cc2csc(NC(=O)C[C@@H]3OC(=O)c4ccccc43)n2)CC1. The second-order valence-corrected chi connectivity index (χ2v) is 8.19. The van der Waals surface area contributed by atoms with Crippen molar-refractivity contribution in [2.24, 2.45) is 5.92 Å². The Morgan fingerprint density at radius 1 is 1.33 bits per heavy atom. The molecule has 0 aliphatic carbocycles. The maximum atomic E-state index is 12.4. The van der Waals surface area contributed by atoms with Crippen LogP contribution in [0.3, 0.4) is 0 Å². The average Bonchev–Trinajstić information content (AvgIpc) is 3.22. The van der Waals surface area contributed by atoms with Crippen LogP contribution in [0, 0.1) is 5.92 Å². The Morgan fingerprint density at radius 2 is 2.11 bits per heavy atom. The molecule has 1 atom stereocenters. The van der Waals surface area contributed by atoms with Crippen molar-refractivity contribution in [2.45, 2.75) is 38.8 Å². The summed E-state index contributed by atoms with van der Waals surface area (Å²) in [5, 5.41) is 5.43. The summed E-state index contributed by atoms with van der Waals surface area (Å²) < 4.78 is 5.33. The number of piperidine rings is 1. The van der Waals surface area contributed by atoms with E-state index in [9.17, 15) is 9.59 Å². The van der Waals surface area contributed by atoms with Crippen LogP contribution in [-0.4, -0.2) is 34.8 Å². The highest BCUT2D eigenvalue weighted by Crippen LogP contribution is 2.33.